The monoisotopic (exact) mass is 336 g/mol. The molecule has 2 atom stereocenters. The van der Waals surface area contributed by atoms with E-state index in [0.717, 1.165) is 11.1 Å². The molecule has 6 nitrogen and oxygen atoms in total. The van der Waals surface area contributed by atoms with Crippen molar-refractivity contribution in [3.8, 4) is 0 Å². The first kappa shape index (κ1) is 17.5. The largest absolute Gasteiger partial charge is 0.375 e. The van der Waals surface area contributed by atoms with Gasteiger partial charge in [0.15, 0.2) is 0 Å². The third-order valence-electron chi connectivity index (χ3n) is 3.60. The highest BCUT2D eigenvalue weighted by Crippen LogP contribution is 2.19. The van der Waals surface area contributed by atoms with E-state index in [9.17, 15) is 4.79 Å². The van der Waals surface area contributed by atoms with Crippen molar-refractivity contribution in [1.29, 1.82) is 0 Å². The van der Waals surface area contributed by atoms with Crippen molar-refractivity contribution < 1.29 is 9.53 Å². The Labute approximate surface area is 140 Å². The summed E-state index contributed by atoms with van der Waals surface area (Å²) >= 11 is 5.89. The zero-order chi connectivity index (χ0) is 16.8. The second kappa shape index (κ2) is 8.10. The van der Waals surface area contributed by atoms with Crippen LogP contribution >= 0.6 is 11.6 Å². The molecule has 0 aliphatic rings. The fraction of sp³-hybridized carbons (Fsp3) is 0.375. The Bertz CT molecular complexity index is 642. The number of benzene rings is 1. The van der Waals surface area contributed by atoms with Gasteiger partial charge in [0.25, 0.3) is 0 Å². The van der Waals surface area contributed by atoms with Crippen molar-refractivity contribution in [2.75, 3.05) is 20.7 Å². The van der Waals surface area contributed by atoms with Gasteiger partial charge in [-0.3, -0.25) is 9.48 Å². The van der Waals surface area contributed by atoms with Crippen LogP contribution in [0.25, 0.3) is 0 Å². The Hall–Kier alpha value is -1.89. The van der Waals surface area contributed by atoms with Gasteiger partial charge in [-0.2, -0.15) is 5.10 Å². The number of hydrogen-bond donors (Lipinski definition) is 2. The van der Waals surface area contributed by atoms with Gasteiger partial charge in [0.1, 0.15) is 6.04 Å². The van der Waals surface area contributed by atoms with E-state index in [1.54, 1.807) is 37.2 Å². The number of aromatic nitrogens is 2. The molecule has 1 amide bonds. The third kappa shape index (κ3) is 4.54. The lowest BCUT2D eigenvalue weighted by molar-refractivity contribution is -0.123. The van der Waals surface area contributed by atoms with Crippen LogP contribution < -0.4 is 10.6 Å². The van der Waals surface area contributed by atoms with Gasteiger partial charge in [-0.15, -0.1) is 0 Å². The zero-order valence-electron chi connectivity index (χ0n) is 13.4. The molecule has 0 aliphatic carbocycles. The van der Waals surface area contributed by atoms with Crippen LogP contribution in [0.4, 0.5) is 0 Å². The Morgan fingerprint density at radius 3 is 2.57 bits per heavy atom. The number of ether oxygens (including phenoxy) is 1. The number of nitrogens with one attached hydrogen (secondary N) is 2. The standard InChI is InChI=1S/C16H21ClN4O2/c1-18-15(12-8-20-21(2)10-12)16(22)19-9-14(23-3)11-4-6-13(17)7-5-11/h4-8,10,14-15,18H,9H2,1-3H3,(H,19,22). The molecule has 1 aromatic heterocycles. The number of nitrogens with zero attached hydrogens (tertiary/aromatic N) is 2. The van der Waals surface area contributed by atoms with Crippen molar-refractivity contribution in [2.24, 2.45) is 7.05 Å². The van der Waals surface area contributed by atoms with Crippen molar-refractivity contribution in [2.45, 2.75) is 12.1 Å². The third-order valence-corrected chi connectivity index (χ3v) is 3.85. The Kier molecular flexibility index (Phi) is 6.15. The maximum Gasteiger partial charge on any atom is 0.241 e. The van der Waals surface area contributed by atoms with Crippen molar-refractivity contribution >= 4 is 17.5 Å². The number of likely N-dealkylation sites (N-methyl/N-ethyl adjacent to an activating group) is 1. The molecule has 2 unspecified atom stereocenters. The maximum absolute atomic E-state index is 12.4. The average Bonchev–Trinajstić information content (AvgIpc) is 2.96. The lowest BCUT2D eigenvalue weighted by atomic mass is 10.1. The number of amides is 1. The van der Waals surface area contributed by atoms with Crippen LogP contribution in [-0.2, 0) is 16.6 Å². The number of carbonyl (C=O) groups is 1. The van der Waals surface area contributed by atoms with E-state index < -0.39 is 6.04 Å². The van der Waals surface area contributed by atoms with Crippen LogP contribution in [0, 0.1) is 0 Å². The van der Waals surface area contributed by atoms with Gasteiger partial charge in [-0.25, -0.2) is 0 Å². The normalized spacial score (nSPS) is 13.6. The van der Waals surface area contributed by atoms with Crippen LogP contribution in [-0.4, -0.2) is 36.4 Å². The molecule has 0 aliphatic heterocycles. The summed E-state index contributed by atoms with van der Waals surface area (Å²) in [5.74, 6) is -0.128. The molecule has 0 saturated carbocycles. The molecular formula is C16H21ClN4O2. The van der Waals surface area contributed by atoms with Crippen molar-refractivity contribution in [3.05, 3.63) is 52.8 Å². The lowest BCUT2D eigenvalue weighted by Gasteiger charge is -2.19. The van der Waals surface area contributed by atoms with Crippen molar-refractivity contribution in [3.63, 3.8) is 0 Å². The Morgan fingerprint density at radius 2 is 2.04 bits per heavy atom. The van der Waals surface area contributed by atoms with Crippen LogP contribution in [0.5, 0.6) is 0 Å². The number of halogens is 1. The molecule has 2 rings (SSSR count). The van der Waals surface area contributed by atoms with Gasteiger partial charge in [-0.1, -0.05) is 23.7 Å². The molecule has 1 heterocycles. The molecule has 0 saturated heterocycles. The second-order valence-electron chi connectivity index (χ2n) is 5.19. The minimum atomic E-state index is -0.452. The zero-order valence-corrected chi connectivity index (χ0v) is 14.2. The summed E-state index contributed by atoms with van der Waals surface area (Å²) in [7, 11) is 5.17. The molecule has 1 aromatic carbocycles. The number of carbonyl (C=O) groups excluding carboxylic acids is 1. The first-order chi connectivity index (χ1) is 11.0. The summed E-state index contributed by atoms with van der Waals surface area (Å²) in [6.45, 7) is 0.370. The Morgan fingerprint density at radius 1 is 1.35 bits per heavy atom. The molecule has 23 heavy (non-hydrogen) atoms. The topological polar surface area (TPSA) is 68.2 Å². The van der Waals surface area contributed by atoms with E-state index in [4.69, 9.17) is 16.3 Å². The van der Waals surface area contributed by atoms with Gasteiger partial charge in [0.05, 0.1) is 12.3 Å². The van der Waals surface area contributed by atoms with Gasteiger partial charge in [-0.05, 0) is 24.7 Å². The number of hydrogen-bond acceptors (Lipinski definition) is 4. The first-order valence-electron chi connectivity index (χ1n) is 7.27. The highest BCUT2D eigenvalue weighted by Gasteiger charge is 2.21. The summed E-state index contributed by atoms with van der Waals surface area (Å²) in [6, 6.07) is 6.93. The Balaban J connectivity index is 1.99. The lowest BCUT2D eigenvalue weighted by Crippen LogP contribution is -2.38. The molecule has 2 aromatic rings. The predicted octanol–water partition coefficient (Wildman–Crippen LogP) is 1.84. The highest BCUT2D eigenvalue weighted by atomic mass is 35.5. The smallest absolute Gasteiger partial charge is 0.241 e. The minimum Gasteiger partial charge on any atom is -0.375 e. The molecule has 0 spiro atoms. The summed E-state index contributed by atoms with van der Waals surface area (Å²) in [5, 5.41) is 10.7. The molecule has 0 radical (unpaired) electrons. The molecule has 7 heteroatoms. The number of aryl methyl sites for hydroxylation is 1. The van der Waals surface area contributed by atoms with Gasteiger partial charge in [0, 0.05) is 37.5 Å². The van der Waals surface area contributed by atoms with E-state index >= 15 is 0 Å². The van der Waals surface area contributed by atoms with Gasteiger partial charge in [0.2, 0.25) is 5.91 Å². The van der Waals surface area contributed by atoms with E-state index in [0.29, 0.717) is 11.6 Å². The fourth-order valence-corrected chi connectivity index (χ4v) is 2.47. The van der Waals surface area contributed by atoms with E-state index in [1.165, 1.54) is 0 Å². The van der Waals surface area contributed by atoms with Crippen molar-refractivity contribution in [1.82, 2.24) is 20.4 Å². The molecule has 0 fully saturated rings. The number of rotatable bonds is 7. The molecule has 0 bridgehead atoms. The quantitative estimate of drug-likeness (QED) is 0.809. The average molecular weight is 337 g/mol. The molecule has 124 valence electrons. The molecule has 2 N–H and O–H groups in total. The van der Waals surface area contributed by atoms with E-state index in [1.807, 2.05) is 25.4 Å². The minimum absolute atomic E-state index is 0.128. The summed E-state index contributed by atoms with van der Waals surface area (Å²) in [5.41, 5.74) is 1.77. The molecular weight excluding hydrogens is 316 g/mol. The highest BCUT2D eigenvalue weighted by molar-refractivity contribution is 6.30. The van der Waals surface area contributed by atoms with Crippen LogP contribution in [0.1, 0.15) is 23.3 Å². The predicted molar refractivity (Wildman–Crippen MR) is 89.2 cm³/mol. The van der Waals surface area contributed by atoms with Gasteiger partial charge >= 0.3 is 0 Å². The maximum atomic E-state index is 12.4. The number of methoxy groups -OCH3 is 1. The fourth-order valence-electron chi connectivity index (χ4n) is 2.35. The summed E-state index contributed by atoms with van der Waals surface area (Å²) in [6.07, 6.45) is 3.25. The first-order valence-corrected chi connectivity index (χ1v) is 7.64. The summed E-state index contributed by atoms with van der Waals surface area (Å²) in [4.78, 5) is 12.4. The van der Waals surface area contributed by atoms with Crippen LogP contribution in [0.3, 0.4) is 0 Å². The second-order valence-corrected chi connectivity index (χ2v) is 5.63. The van der Waals surface area contributed by atoms with E-state index in [-0.39, 0.29) is 12.0 Å². The SMILES string of the molecule is CNC(C(=O)NCC(OC)c1ccc(Cl)cc1)c1cnn(C)c1. The van der Waals surface area contributed by atoms with Crippen LogP contribution in [0.15, 0.2) is 36.7 Å². The summed E-state index contributed by atoms with van der Waals surface area (Å²) < 4.78 is 7.12. The van der Waals surface area contributed by atoms with Gasteiger partial charge < -0.3 is 15.4 Å². The van der Waals surface area contributed by atoms with E-state index in [2.05, 4.69) is 15.7 Å². The van der Waals surface area contributed by atoms with Crippen LogP contribution in [0.2, 0.25) is 5.02 Å².